The van der Waals surface area contributed by atoms with Gasteiger partial charge in [-0.2, -0.15) is 0 Å². The van der Waals surface area contributed by atoms with Crippen LogP contribution in [0.1, 0.15) is 37.4 Å². The number of nitrogens with one attached hydrogen (secondary N) is 1. The Labute approximate surface area is 107 Å². The van der Waals surface area contributed by atoms with Gasteiger partial charge in [0.1, 0.15) is 5.82 Å². The van der Waals surface area contributed by atoms with Crippen LogP contribution in [0.25, 0.3) is 0 Å². The summed E-state index contributed by atoms with van der Waals surface area (Å²) in [4.78, 5) is 11.2. The molecule has 1 unspecified atom stereocenters. The monoisotopic (exact) mass is 250 g/mol. The highest BCUT2D eigenvalue weighted by atomic mass is 19.1. The summed E-state index contributed by atoms with van der Waals surface area (Å²) in [6.07, 6.45) is 1.61. The van der Waals surface area contributed by atoms with Crippen molar-refractivity contribution in [3.8, 4) is 0 Å². The highest BCUT2D eigenvalue weighted by molar-refractivity contribution is 5.80. The summed E-state index contributed by atoms with van der Waals surface area (Å²) in [5.41, 5.74) is 6.56. The molecule has 18 heavy (non-hydrogen) atoms. The zero-order chi connectivity index (χ0) is 13.3. The largest absolute Gasteiger partial charge is 0.369 e. The average molecular weight is 250 g/mol. The highest BCUT2D eigenvalue weighted by Gasteiger charge is 2.29. The zero-order valence-electron chi connectivity index (χ0n) is 10.8. The smallest absolute Gasteiger partial charge is 0.224 e. The first-order chi connectivity index (χ1) is 8.42. The standard InChI is InChI=1S/C14H19FN2O/c1-14(2,13(16)18)8-17-12-7-6-9-10(12)4-3-5-11(9)15/h3-5,12,17H,6-8H2,1-2H3,(H2,16,18). The van der Waals surface area contributed by atoms with E-state index in [9.17, 15) is 9.18 Å². The molecule has 2 rings (SSSR count). The van der Waals surface area contributed by atoms with Crippen molar-refractivity contribution in [1.82, 2.24) is 5.32 Å². The number of hydrogen-bond donors (Lipinski definition) is 2. The molecule has 1 aromatic carbocycles. The molecule has 1 aliphatic carbocycles. The van der Waals surface area contributed by atoms with E-state index in [1.807, 2.05) is 19.9 Å². The molecule has 0 aliphatic heterocycles. The number of halogens is 1. The second-order valence-corrected chi connectivity index (χ2v) is 5.53. The van der Waals surface area contributed by atoms with E-state index < -0.39 is 5.41 Å². The summed E-state index contributed by atoms with van der Waals surface area (Å²) in [5.74, 6) is -0.460. The van der Waals surface area contributed by atoms with Crippen molar-refractivity contribution >= 4 is 5.91 Å². The third-order valence-electron chi connectivity index (χ3n) is 3.67. The predicted molar refractivity (Wildman–Crippen MR) is 68.4 cm³/mol. The number of benzene rings is 1. The molecule has 0 heterocycles. The summed E-state index contributed by atoms with van der Waals surface area (Å²) < 4.78 is 13.6. The SMILES string of the molecule is CC(C)(CNC1CCc2c(F)cccc21)C(N)=O. The van der Waals surface area contributed by atoms with E-state index in [4.69, 9.17) is 5.73 Å². The van der Waals surface area contributed by atoms with E-state index in [0.717, 1.165) is 24.0 Å². The molecule has 0 saturated carbocycles. The average Bonchev–Trinajstić information content (AvgIpc) is 2.71. The van der Waals surface area contributed by atoms with Crippen molar-refractivity contribution in [3.05, 3.63) is 35.1 Å². The minimum absolute atomic E-state index is 0.120. The molecule has 1 atom stereocenters. The van der Waals surface area contributed by atoms with Gasteiger partial charge in [0.2, 0.25) is 5.91 Å². The van der Waals surface area contributed by atoms with Crippen LogP contribution >= 0.6 is 0 Å². The maximum Gasteiger partial charge on any atom is 0.224 e. The maximum atomic E-state index is 13.6. The van der Waals surface area contributed by atoms with Gasteiger partial charge in [-0.1, -0.05) is 12.1 Å². The third-order valence-corrected chi connectivity index (χ3v) is 3.67. The predicted octanol–water partition coefficient (Wildman–Crippen LogP) is 1.91. The first-order valence-corrected chi connectivity index (χ1v) is 6.22. The molecule has 0 radical (unpaired) electrons. The third kappa shape index (κ3) is 2.38. The summed E-state index contributed by atoms with van der Waals surface area (Å²) in [7, 11) is 0. The number of amides is 1. The number of carbonyl (C=O) groups is 1. The molecule has 1 aromatic rings. The Hall–Kier alpha value is -1.42. The van der Waals surface area contributed by atoms with Crippen molar-refractivity contribution in [1.29, 1.82) is 0 Å². The maximum absolute atomic E-state index is 13.6. The van der Waals surface area contributed by atoms with Crippen molar-refractivity contribution in [2.75, 3.05) is 6.54 Å². The Morgan fingerprint density at radius 3 is 2.94 bits per heavy atom. The van der Waals surface area contributed by atoms with E-state index in [2.05, 4.69) is 5.32 Å². The fourth-order valence-electron chi connectivity index (χ4n) is 2.29. The fourth-order valence-corrected chi connectivity index (χ4v) is 2.29. The van der Waals surface area contributed by atoms with Gasteiger partial charge in [-0.3, -0.25) is 4.79 Å². The number of rotatable bonds is 4. The second kappa shape index (κ2) is 4.69. The minimum Gasteiger partial charge on any atom is -0.369 e. The Kier molecular flexibility index (Phi) is 3.39. The molecule has 4 heteroatoms. The van der Waals surface area contributed by atoms with Crippen LogP contribution in [-0.4, -0.2) is 12.5 Å². The Balaban J connectivity index is 2.07. The molecule has 0 saturated heterocycles. The lowest BCUT2D eigenvalue weighted by atomic mass is 9.92. The molecule has 3 nitrogen and oxygen atoms in total. The molecule has 98 valence electrons. The normalized spacial score (nSPS) is 18.7. The lowest BCUT2D eigenvalue weighted by molar-refractivity contribution is -0.125. The van der Waals surface area contributed by atoms with E-state index in [1.165, 1.54) is 6.07 Å². The molecule has 0 spiro atoms. The lowest BCUT2D eigenvalue weighted by Gasteiger charge is -2.24. The molecule has 0 fully saturated rings. The van der Waals surface area contributed by atoms with Crippen LogP contribution < -0.4 is 11.1 Å². The zero-order valence-corrected chi connectivity index (χ0v) is 10.8. The van der Waals surface area contributed by atoms with E-state index in [-0.39, 0.29) is 17.8 Å². The Bertz CT molecular complexity index is 471. The number of hydrogen-bond acceptors (Lipinski definition) is 2. The van der Waals surface area contributed by atoms with Gasteiger partial charge in [-0.15, -0.1) is 0 Å². The van der Waals surface area contributed by atoms with Crippen molar-refractivity contribution in [3.63, 3.8) is 0 Å². The number of nitrogens with two attached hydrogens (primary N) is 1. The van der Waals surface area contributed by atoms with Crippen molar-refractivity contribution in [2.24, 2.45) is 11.1 Å². The quantitative estimate of drug-likeness (QED) is 0.857. The van der Waals surface area contributed by atoms with Crippen LogP contribution in [0.4, 0.5) is 4.39 Å². The second-order valence-electron chi connectivity index (χ2n) is 5.53. The summed E-state index contributed by atoms with van der Waals surface area (Å²) in [6.45, 7) is 4.12. The molecule has 1 aliphatic rings. The van der Waals surface area contributed by atoms with Gasteiger partial charge in [-0.05, 0) is 43.9 Å². The Morgan fingerprint density at radius 2 is 2.28 bits per heavy atom. The fraction of sp³-hybridized carbons (Fsp3) is 0.500. The van der Waals surface area contributed by atoms with E-state index in [1.54, 1.807) is 6.07 Å². The van der Waals surface area contributed by atoms with Gasteiger partial charge < -0.3 is 11.1 Å². The van der Waals surface area contributed by atoms with Gasteiger partial charge in [-0.25, -0.2) is 4.39 Å². The van der Waals surface area contributed by atoms with Crippen LogP contribution in [0.15, 0.2) is 18.2 Å². The number of carbonyl (C=O) groups excluding carboxylic acids is 1. The first-order valence-electron chi connectivity index (χ1n) is 6.22. The molecule has 0 bridgehead atoms. The van der Waals surface area contributed by atoms with Crippen LogP contribution in [0.3, 0.4) is 0 Å². The molecular formula is C14H19FN2O. The van der Waals surface area contributed by atoms with Crippen LogP contribution in [-0.2, 0) is 11.2 Å². The van der Waals surface area contributed by atoms with Gasteiger partial charge in [0.25, 0.3) is 0 Å². The van der Waals surface area contributed by atoms with Gasteiger partial charge >= 0.3 is 0 Å². The first kappa shape index (κ1) is 13.0. The number of fused-ring (bicyclic) bond motifs is 1. The van der Waals surface area contributed by atoms with Crippen molar-refractivity contribution in [2.45, 2.75) is 32.7 Å². The summed E-state index contributed by atoms with van der Waals surface area (Å²) >= 11 is 0. The molecule has 0 aromatic heterocycles. The molecule has 3 N–H and O–H groups in total. The molecular weight excluding hydrogens is 231 g/mol. The van der Waals surface area contributed by atoms with Gasteiger partial charge in [0.15, 0.2) is 0 Å². The highest BCUT2D eigenvalue weighted by Crippen LogP contribution is 2.33. The summed E-state index contributed by atoms with van der Waals surface area (Å²) in [5, 5.41) is 3.32. The van der Waals surface area contributed by atoms with Crippen molar-refractivity contribution < 1.29 is 9.18 Å². The number of primary amides is 1. The van der Waals surface area contributed by atoms with Crippen LogP contribution in [0.2, 0.25) is 0 Å². The lowest BCUT2D eigenvalue weighted by Crippen LogP contribution is -2.41. The van der Waals surface area contributed by atoms with Gasteiger partial charge in [0, 0.05) is 12.6 Å². The van der Waals surface area contributed by atoms with E-state index in [0.29, 0.717) is 6.54 Å². The molecule has 1 amide bonds. The van der Waals surface area contributed by atoms with Gasteiger partial charge in [0.05, 0.1) is 5.41 Å². The van der Waals surface area contributed by atoms with E-state index >= 15 is 0 Å². The summed E-state index contributed by atoms with van der Waals surface area (Å²) in [6, 6.07) is 5.29. The minimum atomic E-state index is -0.587. The van der Waals surface area contributed by atoms with Crippen LogP contribution in [0.5, 0.6) is 0 Å². The van der Waals surface area contributed by atoms with Crippen LogP contribution in [0, 0.1) is 11.2 Å². The Morgan fingerprint density at radius 1 is 1.56 bits per heavy atom. The topological polar surface area (TPSA) is 55.1 Å².